The van der Waals surface area contributed by atoms with Crippen molar-refractivity contribution in [3.8, 4) is 0 Å². The molecule has 1 aromatic rings. The Balaban J connectivity index is 2.82. The van der Waals surface area contributed by atoms with Gasteiger partial charge in [0.15, 0.2) is 0 Å². The molecule has 1 atom stereocenters. The molecule has 0 aromatic heterocycles. The van der Waals surface area contributed by atoms with Gasteiger partial charge in [-0.25, -0.2) is 0 Å². The quantitative estimate of drug-likeness (QED) is 0.815. The average Bonchev–Trinajstić information content (AvgIpc) is 2.09. The number of amides is 1. The van der Waals surface area contributed by atoms with Gasteiger partial charge in [-0.2, -0.15) is 0 Å². The van der Waals surface area contributed by atoms with Crippen molar-refractivity contribution in [3.63, 3.8) is 0 Å². The van der Waals surface area contributed by atoms with Crippen molar-refractivity contribution >= 4 is 55.1 Å². The lowest BCUT2D eigenvalue weighted by Gasteiger charge is -2.08. The number of carbonyl (C=O) groups is 1. The van der Waals surface area contributed by atoms with Gasteiger partial charge in [-0.05, 0) is 41.1 Å². The molecule has 1 amide bonds. The molecule has 1 N–H and O–H groups in total. The van der Waals surface area contributed by atoms with E-state index in [1.807, 2.05) is 12.1 Å². The lowest BCUT2D eigenvalue weighted by atomic mass is 10.3. The number of anilines is 1. The van der Waals surface area contributed by atoms with Crippen LogP contribution in [-0.2, 0) is 4.79 Å². The van der Waals surface area contributed by atoms with Crippen LogP contribution in [0.1, 0.15) is 6.92 Å². The molecule has 0 saturated heterocycles. The molecule has 2 nitrogen and oxygen atoms in total. The highest BCUT2D eigenvalue weighted by molar-refractivity contribution is 9.11. The van der Waals surface area contributed by atoms with Gasteiger partial charge in [0.1, 0.15) is 5.38 Å². The zero-order valence-corrected chi connectivity index (χ0v) is 11.3. The first-order chi connectivity index (χ1) is 6.50. The van der Waals surface area contributed by atoms with Gasteiger partial charge in [0.05, 0.1) is 5.69 Å². The molecule has 0 aliphatic carbocycles. The van der Waals surface area contributed by atoms with Crippen LogP contribution in [0.2, 0.25) is 0 Å². The lowest BCUT2D eigenvalue weighted by molar-refractivity contribution is -0.115. The van der Waals surface area contributed by atoms with Gasteiger partial charge in [-0.3, -0.25) is 4.79 Å². The number of alkyl halides is 1. The van der Waals surface area contributed by atoms with Gasteiger partial charge >= 0.3 is 0 Å². The summed E-state index contributed by atoms with van der Waals surface area (Å²) in [5.74, 6) is -0.213. The Morgan fingerprint density at radius 3 is 2.64 bits per heavy atom. The van der Waals surface area contributed by atoms with Crippen LogP contribution in [0.3, 0.4) is 0 Å². The lowest BCUT2D eigenvalue weighted by Crippen LogP contribution is -2.20. The number of hydrogen-bond acceptors (Lipinski definition) is 1. The van der Waals surface area contributed by atoms with E-state index in [0.29, 0.717) is 5.69 Å². The molecule has 5 heteroatoms. The number of carbonyl (C=O) groups excluding carboxylic acids is 1. The van der Waals surface area contributed by atoms with Crippen LogP contribution in [-0.4, -0.2) is 11.3 Å². The molecule has 0 aliphatic rings. The molecule has 0 saturated carbocycles. The van der Waals surface area contributed by atoms with Gasteiger partial charge < -0.3 is 5.32 Å². The average molecular weight is 341 g/mol. The summed E-state index contributed by atoms with van der Waals surface area (Å²) in [5, 5.41) is 2.16. The molecule has 0 bridgehead atoms. The van der Waals surface area contributed by atoms with Gasteiger partial charge in [-0.1, -0.05) is 15.9 Å². The number of hydrogen-bond donors (Lipinski definition) is 1. The summed E-state index contributed by atoms with van der Waals surface area (Å²) in [7, 11) is 0. The van der Waals surface area contributed by atoms with Gasteiger partial charge in [0, 0.05) is 8.95 Å². The van der Waals surface area contributed by atoms with E-state index in [9.17, 15) is 4.79 Å². The summed E-state index contributed by atoms with van der Waals surface area (Å²) >= 11 is 12.3. The van der Waals surface area contributed by atoms with Crippen molar-refractivity contribution in [2.75, 3.05) is 5.32 Å². The van der Waals surface area contributed by atoms with E-state index in [0.717, 1.165) is 8.95 Å². The topological polar surface area (TPSA) is 29.1 Å². The largest absolute Gasteiger partial charge is 0.324 e. The Kier molecular flexibility index (Phi) is 4.41. The predicted molar refractivity (Wildman–Crippen MR) is 65.8 cm³/mol. The van der Waals surface area contributed by atoms with Gasteiger partial charge in [0.2, 0.25) is 5.91 Å². The Morgan fingerprint density at radius 2 is 2.14 bits per heavy atom. The predicted octanol–water partition coefficient (Wildman–Crippen LogP) is 3.78. The summed E-state index contributed by atoms with van der Waals surface area (Å²) in [6, 6.07) is 5.50. The van der Waals surface area contributed by atoms with Crippen molar-refractivity contribution in [2.24, 2.45) is 0 Å². The zero-order chi connectivity index (χ0) is 10.7. The van der Waals surface area contributed by atoms with Crippen LogP contribution in [0, 0.1) is 0 Å². The van der Waals surface area contributed by atoms with Crippen molar-refractivity contribution < 1.29 is 4.79 Å². The highest BCUT2D eigenvalue weighted by atomic mass is 79.9. The maximum atomic E-state index is 11.3. The molecule has 1 aromatic carbocycles. The molecule has 0 fully saturated rings. The number of rotatable bonds is 2. The molecule has 14 heavy (non-hydrogen) atoms. The SMILES string of the molecule is C[C@H](Cl)C(=O)Nc1ccc(Br)cc1Br. The Hall–Kier alpha value is -0.0600. The van der Waals surface area contributed by atoms with E-state index in [2.05, 4.69) is 37.2 Å². The van der Waals surface area contributed by atoms with E-state index in [4.69, 9.17) is 11.6 Å². The maximum absolute atomic E-state index is 11.3. The Morgan fingerprint density at radius 1 is 1.50 bits per heavy atom. The maximum Gasteiger partial charge on any atom is 0.242 e. The fourth-order valence-corrected chi connectivity index (χ4v) is 2.02. The summed E-state index contributed by atoms with van der Waals surface area (Å²) < 4.78 is 1.76. The Bertz CT molecular complexity index is 355. The van der Waals surface area contributed by atoms with E-state index >= 15 is 0 Å². The minimum atomic E-state index is -0.537. The number of halogens is 3. The highest BCUT2D eigenvalue weighted by Gasteiger charge is 2.10. The molecule has 0 unspecified atom stereocenters. The second-order valence-electron chi connectivity index (χ2n) is 2.73. The fraction of sp³-hybridized carbons (Fsp3) is 0.222. The van der Waals surface area contributed by atoms with Crippen LogP contribution in [0.4, 0.5) is 5.69 Å². The van der Waals surface area contributed by atoms with Crippen LogP contribution in [0.25, 0.3) is 0 Å². The number of nitrogens with one attached hydrogen (secondary N) is 1. The van der Waals surface area contributed by atoms with E-state index in [1.165, 1.54) is 0 Å². The van der Waals surface area contributed by atoms with Crippen LogP contribution < -0.4 is 5.32 Å². The van der Waals surface area contributed by atoms with Crippen molar-refractivity contribution in [1.82, 2.24) is 0 Å². The van der Waals surface area contributed by atoms with Crippen molar-refractivity contribution in [2.45, 2.75) is 12.3 Å². The minimum absolute atomic E-state index is 0.213. The fourth-order valence-electron chi connectivity index (χ4n) is 0.823. The molecule has 0 aliphatic heterocycles. The van der Waals surface area contributed by atoms with E-state index < -0.39 is 5.38 Å². The third-order valence-electron chi connectivity index (χ3n) is 1.55. The smallest absolute Gasteiger partial charge is 0.242 e. The van der Waals surface area contributed by atoms with Crippen LogP contribution >= 0.6 is 43.5 Å². The minimum Gasteiger partial charge on any atom is -0.324 e. The summed E-state index contributed by atoms with van der Waals surface area (Å²) in [6.45, 7) is 1.63. The monoisotopic (exact) mass is 339 g/mol. The zero-order valence-electron chi connectivity index (χ0n) is 7.35. The third kappa shape index (κ3) is 3.26. The molecule has 76 valence electrons. The molecular weight excluding hydrogens is 333 g/mol. The third-order valence-corrected chi connectivity index (χ3v) is 2.90. The van der Waals surface area contributed by atoms with Gasteiger partial charge in [-0.15, -0.1) is 11.6 Å². The van der Waals surface area contributed by atoms with Crippen LogP contribution in [0.15, 0.2) is 27.1 Å². The van der Waals surface area contributed by atoms with Gasteiger partial charge in [0.25, 0.3) is 0 Å². The van der Waals surface area contributed by atoms with E-state index in [1.54, 1.807) is 13.0 Å². The molecular formula is C9H8Br2ClNO. The van der Waals surface area contributed by atoms with Crippen molar-refractivity contribution in [3.05, 3.63) is 27.1 Å². The Labute approximate surface area is 104 Å². The van der Waals surface area contributed by atoms with E-state index in [-0.39, 0.29) is 5.91 Å². The second-order valence-corrected chi connectivity index (χ2v) is 5.15. The first kappa shape index (κ1) is 12.0. The molecule has 1 rings (SSSR count). The second kappa shape index (κ2) is 5.14. The molecule has 0 radical (unpaired) electrons. The normalized spacial score (nSPS) is 12.3. The molecule has 0 heterocycles. The number of benzene rings is 1. The summed E-state index contributed by atoms with van der Waals surface area (Å²) in [4.78, 5) is 11.3. The summed E-state index contributed by atoms with van der Waals surface area (Å²) in [5.41, 5.74) is 0.714. The molecule has 0 spiro atoms. The standard InChI is InChI=1S/C9H8Br2ClNO/c1-5(12)9(14)13-8-3-2-6(10)4-7(8)11/h2-5H,1H3,(H,13,14)/t5-/m0/s1. The first-order valence-corrected chi connectivity index (χ1v) is 5.93. The first-order valence-electron chi connectivity index (χ1n) is 3.90. The summed E-state index contributed by atoms with van der Waals surface area (Å²) in [6.07, 6.45) is 0. The van der Waals surface area contributed by atoms with Crippen molar-refractivity contribution in [1.29, 1.82) is 0 Å². The highest BCUT2D eigenvalue weighted by Crippen LogP contribution is 2.26. The van der Waals surface area contributed by atoms with Crippen LogP contribution in [0.5, 0.6) is 0 Å².